The highest BCUT2D eigenvalue weighted by Crippen LogP contribution is 2.47. The van der Waals surface area contributed by atoms with Gasteiger partial charge in [-0.25, -0.2) is 0 Å². The fraction of sp³-hybridized carbons (Fsp3) is 0.438. The molecular formula is C16H17N3O. The van der Waals surface area contributed by atoms with Crippen molar-refractivity contribution in [1.82, 2.24) is 0 Å². The molecule has 0 aromatic heterocycles. The van der Waals surface area contributed by atoms with E-state index >= 15 is 0 Å². The molecule has 20 heavy (non-hydrogen) atoms. The van der Waals surface area contributed by atoms with Gasteiger partial charge in [0, 0.05) is 25.1 Å². The van der Waals surface area contributed by atoms with Crippen molar-refractivity contribution in [3.63, 3.8) is 0 Å². The Bertz CT molecular complexity index is 576. The smallest absolute Gasteiger partial charge is 0.237 e. The van der Waals surface area contributed by atoms with Crippen molar-refractivity contribution in [2.24, 2.45) is 0 Å². The van der Waals surface area contributed by atoms with Gasteiger partial charge in [0.1, 0.15) is 0 Å². The van der Waals surface area contributed by atoms with E-state index in [0.29, 0.717) is 32.2 Å². The van der Waals surface area contributed by atoms with Crippen molar-refractivity contribution < 1.29 is 4.79 Å². The highest BCUT2D eigenvalue weighted by atomic mass is 16.2. The number of rotatable bonds is 5. The molecule has 1 aromatic carbocycles. The first-order valence-corrected chi connectivity index (χ1v) is 6.86. The van der Waals surface area contributed by atoms with Gasteiger partial charge in [-0.1, -0.05) is 18.2 Å². The molecule has 2 rings (SSSR count). The molecule has 1 heterocycles. The molecule has 1 aliphatic rings. The second-order valence-electron chi connectivity index (χ2n) is 4.96. The Morgan fingerprint density at radius 3 is 2.30 bits per heavy atom. The van der Waals surface area contributed by atoms with Crippen molar-refractivity contribution in [2.75, 3.05) is 11.4 Å². The first-order chi connectivity index (χ1) is 9.71. The number of carbonyl (C=O) groups is 1. The average Bonchev–Trinajstić information content (AvgIpc) is 2.72. The zero-order valence-electron chi connectivity index (χ0n) is 11.6. The lowest BCUT2D eigenvalue weighted by molar-refractivity contribution is -0.123. The van der Waals surface area contributed by atoms with Crippen LogP contribution in [-0.4, -0.2) is 12.5 Å². The maximum Gasteiger partial charge on any atom is 0.237 e. The van der Waals surface area contributed by atoms with Gasteiger partial charge in [0.05, 0.1) is 17.6 Å². The van der Waals surface area contributed by atoms with E-state index < -0.39 is 5.41 Å². The molecule has 0 fully saturated rings. The van der Waals surface area contributed by atoms with Gasteiger partial charge in [-0.15, -0.1) is 0 Å². The number of benzene rings is 1. The molecule has 0 radical (unpaired) electrons. The van der Waals surface area contributed by atoms with Crippen molar-refractivity contribution in [3.05, 3.63) is 29.8 Å². The van der Waals surface area contributed by atoms with Crippen LogP contribution >= 0.6 is 0 Å². The summed E-state index contributed by atoms with van der Waals surface area (Å²) in [6.07, 6.45) is 1.61. The standard InChI is InChI=1S/C16H17N3O/c1-2-19-14-8-4-3-7-13(14)16(15(19)20,9-5-11-17)10-6-12-18/h3-4,7-8H,2,5-6,9-10H2,1H3. The van der Waals surface area contributed by atoms with E-state index in [9.17, 15) is 4.79 Å². The van der Waals surface area contributed by atoms with E-state index in [2.05, 4.69) is 12.1 Å². The van der Waals surface area contributed by atoms with E-state index in [4.69, 9.17) is 10.5 Å². The predicted molar refractivity (Wildman–Crippen MR) is 75.8 cm³/mol. The number of nitrogens with zero attached hydrogens (tertiary/aromatic N) is 3. The SMILES string of the molecule is CCN1C(=O)C(CCC#N)(CCC#N)c2ccccc21. The number of para-hydroxylation sites is 1. The molecule has 1 aromatic rings. The van der Waals surface area contributed by atoms with Crippen LogP contribution in [-0.2, 0) is 10.2 Å². The molecule has 0 saturated heterocycles. The lowest BCUT2D eigenvalue weighted by Gasteiger charge is -2.27. The second-order valence-corrected chi connectivity index (χ2v) is 4.96. The minimum absolute atomic E-state index is 0.0340. The molecular weight excluding hydrogens is 250 g/mol. The molecule has 0 saturated carbocycles. The fourth-order valence-corrected chi connectivity index (χ4v) is 3.06. The monoisotopic (exact) mass is 267 g/mol. The van der Waals surface area contributed by atoms with Crippen molar-refractivity contribution >= 4 is 11.6 Å². The first-order valence-electron chi connectivity index (χ1n) is 6.86. The summed E-state index contributed by atoms with van der Waals surface area (Å²) in [5, 5.41) is 17.8. The van der Waals surface area contributed by atoms with Crippen molar-refractivity contribution in [2.45, 2.75) is 38.0 Å². The summed E-state index contributed by atoms with van der Waals surface area (Å²) in [5.74, 6) is 0.0340. The van der Waals surface area contributed by atoms with Gasteiger partial charge >= 0.3 is 0 Å². The lowest BCUT2D eigenvalue weighted by Crippen LogP contribution is -2.40. The number of amides is 1. The quantitative estimate of drug-likeness (QED) is 0.823. The van der Waals surface area contributed by atoms with Gasteiger partial charge in [0.2, 0.25) is 5.91 Å². The molecule has 4 heteroatoms. The Morgan fingerprint density at radius 1 is 1.15 bits per heavy atom. The summed E-state index contributed by atoms with van der Waals surface area (Å²) in [7, 11) is 0. The van der Waals surface area contributed by atoms with Gasteiger partial charge in [0.15, 0.2) is 0 Å². The van der Waals surface area contributed by atoms with Crippen molar-refractivity contribution in [1.29, 1.82) is 10.5 Å². The van der Waals surface area contributed by atoms with Crippen LogP contribution in [0.25, 0.3) is 0 Å². The normalized spacial score (nSPS) is 15.6. The third-order valence-corrected chi connectivity index (χ3v) is 4.01. The summed E-state index contributed by atoms with van der Waals surface area (Å²) >= 11 is 0. The van der Waals surface area contributed by atoms with Gasteiger partial charge < -0.3 is 4.90 Å². The number of hydrogen-bond donors (Lipinski definition) is 0. The van der Waals surface area contributed by atoms with Crippen LogP contribution in [0.1, 0.15) is 38.2 Å². The van der Waals surface area contributed by atoms with Gasteiger partial charge in [0.25, 0.3) is 0 Å². The van der Waals surface area contributed by atoms with Crippen LogP contribution < -0.4 is 4.90 Å². The van der Waals surface area contributed by atoms with E-state index in [0.717, 1.165) is 11.3 Å². The zero-order chi connectivity index (χ0) is 14.6. The molecule has 0 N–H and O–H groups in total. The highest BCUT2D eigenvalue weighted by molar-refractivity contribution is 6.08. The molecule has 0 aliphatic carbocycles. The van der Waals surface area contributed by atoms with Crippen molar-refractivity contribution in [3.8, 4) is 12.1 Å². The third kappa shape index (κ3) is 2.04. The van der Waals surface area contributed by atoms with Crippen LogP contribution in [0.2, 0.25) is 0 Å². The molecule has 0 spiro atoms. The summed E-state index contributed by atoms with van der Waals surface area (Å²) in [5.41, 5.74) is 1.20. The molecule has 102 valence electrons. The summed E-state index contributed by atoms with van der Waals surface area (Å²) in [4.78, 5) is 14.6. The maximum absolute atomic E-state index is 12.8. The summed E-state index contributed by atoms with van der Waals surface area (Å²) in [6.45, 7) is 2.55. The second kappa shape index (κ2) is 5.75. The Labute approximate surface area is 119 Å². The number of carbonyl (C=O) groups excluding carboxylic acids is 1. The fourth-order valence-electron chi connectivity index (χ4n) is 3.06. The number of nitriles is 2. The zero-order valence-corrected chi connectivity index (χ0v) is 11.6. The minimum Gasteiger partial charge on any atom is -0.312 e. The van der Waals surface area contributed by atoms with Crippen LogP contribution in [0.3, 0.4) is 0 Å². The first kappa shape index (κ1) is 14.1. The van der Waals surface area contributed by atoms with E-state index in [1.165, 1.54) is 0 Å². The van der Waals surface area contributed by atoms with Crippen LogP contribution in [0.4, 0.5) is 5.69 Å². The highest BCUT2D eigenvalue weighted by Gasteiger charge is 2.49. The molecule has 0 bridgehead atoms. The summed E-state index contributed by atoms with van der Waals surface area (Å²) in [6, 6.07) is 12.0. The van der Waals surface area contributed by atoms with Gasteiger partial charge in [-0.3, -0.25) is 4.79 Å². The largest absolute Gasteiger partial charge is 0.312 e. The Morgan fingerprint density at radius 2 is 1.75 bits per heavy atom. The Balaban J connectivity index is 2.52. The molecule has 4 nitrogen and oxygen atoms in total. The lowest BCUT2D eigenvalue weighted by atomic mass is 9.74. The van der Waals surface area contributed by atoms with Gasteiger partial charge in [-0.2, -0.15) is 10.5 Å². The Hall–Kier alpha value is -2.33. The number of anilines is 1. The van der Waals surface area contributed by atoms with Crippen LogP contribution in [0.15, 0.2) is 24.3 Å². The van der Waals surface area contributed by atoms with E-state index in [1.54, 1.807) is 4.90 Å². The molecule has 1 aliphatic heterocycles. The minimum atomic E-state index is -0.696. The predicted octanol–water partition coefficient (Wildman–Crippen LogP) is 2.90. The van der Waals surface area contributed by atoms with Crippen LogP contribution in [0, 0.1) is 22.7 Å². The molecule has 0 atom stereocenters. The third-order valence-electron chi connectivity index (χ3n) is 4.01. The van der Waals surface area contributed by atoms with E-state index in [1.807, 2.05) is 31.2 Å². The molecule has 0 unspecified atom stereocenters. The topological polar surface area (TPSA) is 67.9 Å². The van der Waals surface area contributed by atoms with Crippen LogP contribution in [0.5, 0.6) is 0 Å². The number of likely N-dealkylation sites (N-methyl/N-ethyl adjacent to an activating group) is 1. The average molecular weight is 267 g/mol. The maximum atomic E-state index is 12.8. The van der Waals surface area contributed by atoms with Gasteiger partial charge in [-0.05, 0) is 31.4 Å². The number of fused-ring (bicyclic) bond motifs is 1. The summed E-state index contributed by atoms with van der Waals surface area (Å²) < 4.78 is 0. The Kier molecular flexibility index (Phi) is 4.05. The number of hydrogen-bond acceptors (Lipinski definition) is 3. The molecule has 1 amide bonds. The van der Waals surface area contributed by atoms with E-state index in [-0.39, 0.29) is 5.91 Å².